The molecule has 1 heterocycles. The van der Waals surface area contributed by atoms with Crippen LogP contribution in [0.1, 0.15) is 18.5 Å². The van der Waals surface area contributed by atoms with Crippen LogP contribution >= 0.6 is 0 Å². The van der Waals surface area contributed by atoms with Gasteiger partial charge in [-0.1, -0.05) is 30.9 Å². The first-order valence-corrected chi connectivity index (χ1v) is 7.88. The molecule has 1 aromatic rings. The molecule has 0 N–H and O–H groups in total. The Hall–Kier alpha value is -1.78. The second kappa shape index (κ2) is 8.18. The van der Waals surface area contributed by atoms with Gasteiger partial charge in [0.15, 0.2) is 0 Å². The Morgan fingerprint density at radius 3 is 2.30 bits per heavy atom. The number of benzene rings is 1. The van der Waals surface area contributed by atoms with Crippen molar-refractivity contribution < 1.29 is 8.78 Å². The van der Waals surface area contributed by atoms with E-state index in [2.05, 4.69) is 23.4 Å². The number of piperazine rings is 1. The summed E-state index contributed by atoms with van der Waals surface area (Å²) in [5.74, 6) is -0.547. The van der Waals surface area contributed by atoms with Gasteiger partial charge in [0.2, 0.25) is 0 Å². The molecule has 1 saturated heterocycles. The van der Waals surface area contributed by atoms with Crippen molar-refractivity contribution in [3.8, 4) is 0 Å². The SMILES string of the molecule is C=C(/C=C\C(F)=C/C)C(c1ccc(F)cc1)N1CCN(C)CC1. The van der Waals surface area contributed by atoms with Crippen LogP contribution in [-0.2, 0) is 0 Å². The summed E-state index contributed by atoms with van der Waals surface area (Å²) in [4.78, 5) is 4.59. The summed E-state index contributed by atoms with van der Waals surface area (Å²) >= 11 is 0. The van der Waals surface area contributed by atoms with Crippen molar-refractivity contribution in [1.82, 2.24) is 9.80 Å². The second-order valence-electron chi connectivity index (χ2n) is 5.88. The molecule has 0 amide bonds. The number of rotatable bonds is 5. The molecular formula is C19H24F2N2. The Balaban J connectivity index is 2.25. The molecule has 1 aliphatic rings. The van der Waals surface area contributed by atoms with E-state index in [1.54, 1.807) is 25.1 Å². The molecule has 0 aliphatic carbocycles. The predicted molar refractivity (Wildman–Crippen MR) is 91.4 cm³/mol. The third-order valence-corrected chi connectivity index (χ3v) is 4.17. The van der Waals surface area contributed by atoms with Crippen LogP contribution in [0.15, 0.2) is 60.5 Å². The number of hydrogen-bond acceptors (Lipinski definition) is 2. The van der Waals surface area contributed by atoms with Crippen LogP contribution in [0.2, 0.25) is 0 Å². The van der Waals surface area contributed by atoms with E-state index >= 15 is 0 Å². The first kappa shape index (κ1) is 17.6. The minimum atomic E-state index is -0.289. The molecule has 2 nitrogen and oxygen atoms in total. The van der Waals surface area contributed by atoms with Crippen LogP contribution in [0.5, 0.6) is 0 Å². The van der Waals surface area contributed by atoms with E-state index in [4.69, 9.17) is 0 Å². The maximum Gasteiger partial charge on any atom is 0.123 e. The van der Waals surface area contributed by atoms with Crippen molar-refractivity contribution in [3.05, 3.63) is 71.9 Å². The molecule has 0 saturated carbocycles. The first-order valence-electron chi connectivity index (χ1n) is 7.88. The highest BCUT2D eigenvalue weighted by molar-refractivity contribution is 5.35. The smallest absolute Gasteiger partial charge is 0.123 e. The van der Waals surface area contributed by atoms with E-state index in [-0.39, 0.29) is 17.7 Å². The molecule has 1 aliphatic heterocycles. The molecule has 1 fully saturated rings. The zero-order chi connectivity index (χ0) is 16.8. The fraction of sp³-hybridized carbons (Fsp3) is 0.368. The van der Waals surface area contributed by atoms with Gasteiger partial charge in [-0.3, -0.25) is 4.90 Å². The predicted octanol–water partition coefficient (Wildman–Crippen LogP) is 4.10. The van der Waals surface area contributed by atoms with Crippen LogP contribution in [0, 0.1) is 5.82 Å². The lowest BCUT2D eigenvalue weighted by Gasteiger charge is -2.38. The van der Waals surface area contributed by atoms with Crippen molar-refractivity contribution in [2.24, 2.45) is 0 Å². The van der Waals surface area contributed by atoms with E-state index in [9.17, 15) is 8.78 Å². The minimum Gasteiger partial charge on any atom is -0.304 e. The van der Waals surface area contributed by atoms with E-state index in [1.807, 2.05) is 0 Å². The lowest BCUT2D eigenvalue weighted by atomic mass is 9.96. The van der Waals surface area contributed by atoms with Crippen LogP contribution in [-0.4, -0.2) is 43.0 Å². The largest absolute Gasteiger partial charge is 0.304 e. The molecule has 0 bridgehead atoms. The average molecular weight is 318 g/mol. The fourth-order valence-electron chi connectivity index (χ4n) is 2.76. The molecule has 1 atom stereocenters. The third kappa shape index (κ3) is 4.85. The topological polar surface area (TPSA) is 6.48 Å². The molecule has 1 unspecified atom stereocenters. The summed E-state index contributed by atoms with van der Waals surface area (Å²) < 4.78 is 26.6. The molecule has 4 heteroatoms. The summed E-state index contributed by atoms with van der Waals surface area (Å²) in [6, 6.07) is 6.42. The van der Waals surface area contributed by atoms with Crippen LogP contribution < -0.4 is 0 Å². The van der Waals surface area contributed by atoms with E-state index < -0.39 is 0 Å². The standard InChI is InChI=1S/C19H24F2N2/c1-4-17(20)8-5-15(2)19(16-6-9-18(21)10-7-16)23-13-11-22(3)12-14-23/h4-10,19H,2,11-14H2,1,3H3/b8-5-,17-4+. The number of halogens is 2. The van der Waals surface area contributed by atoms with Gasteiger partial charge in [-0.2, -0.15) is 0 Å². The summed E-state index contributed by atoms with van der Waals surface area (Å²) in [7, 11) is 2.10. The molecule has 2 rings (SSSR count). The summed E-state index contributed by atoms with van der Waals surface area (Å²) in [5.41, 5.74) is 1.78. The Morgan fingerprint density at radius 2 is 1.74 bits per heavy atom. The summed E-state index contributed by atoms with van der Waals surface area (Å²) in [6.45, 7) is 9.52. The number of allylic oxidation sites excluding steroid dienone is 3. The molecular weight excluding hydrogens is 294 g/mol. The normalized spacial score (nSPS) is 19.2. The lowest BCUT2D eigenvalue weighted by Crippen LogP contribution is -2.46. The zero-order valence-corrected chi connectivity index (χ0v) is 13.8. The van der Waals surface area contributed by atoms with E-state index in [0.717, 1.165) is 37.3 Å². The molecule has 0 spiro atoms. The van der Waals surface area contributed by atoms with Gasteiger partial charge in [0.1, 0.15) is 11.6 Å². The molecule has 0 radical (unpaired) electrons. The second-order valence-corrected chi connectivity index (χ2v) is 5.88. The van der Waals surface area contributed by atoms with Crippen molar-refractivity contribution in [2.75, 3.05) is 33.2 Å². The van der Waals surface area contributed by atoms with Gasteiger partial charge < -0.3 is 4.90 Å². The number of hydrogen-bond donors (Lipinski definition) is 0. The van der Waals surface area contributed by atoms with Gasteiger partial charge in [0.05, 0.1) is 6.04 Å². The third-order valence-electron chi connectivity index (χ3n) is 4.17. The van der Waals surface area contributed by atoms with Gasteiger partial charge in [0, 0.05) is 26.2 Å². The maximum absolute atomic E-state index is 13.4. The van der Waals surface area contributed by atoms with Crippen LogP contribution in [0.25, 0.3) is 0 Å². The summed E-state index contributed by atoms with van der Waals surface area (Å²) in [5, 5.41) is 0. The lowest BCUT2D eigenvalue weighted by molar-refractivity contribution is 0.127. The summed E-state index contributed by atoms with van der Waals surface area (Å²) in [6.07, 6.45) is 4.54. The highest BCUT2D eigenvalue weighted by Gasteiger charge is 2.25. The Labute approximate surface area is 137 Å². The first-order chi connectivity index (χ1) is 11.0. The molecule has 0 aromatic heterocycles. The maximum atomic E-state index is 13.4. The van der Waals surface area contributed by atoms with Crippen molar-refractivity contribution in [3.63, 3.8) is 0 Å². The van der Waals surface area contributed by atoms with Crippen molar-refractivity contribution in [1.29, 1.82) is 0 Å². The van der Waals surface area contributed by atoms with Crippen LogP contribution in [0.4, 0.5) is 8.78 Å². The van der Waals surface area contributed by atoms with Crippen molar-refractivity contribution in [2.45, 2.75) is 13.0 Å². The van der Waals surface area contributed by atoms with E-state index in [1.165, 1.54) is 24.3 Å². The quantitative estimate of drug-likeness (QED) is 0.754. The van der Waals surface area contributed by atoms with Gasteiger partial charge in [-0.15, -0.1) is 0 Å². The fourth-order valence-corrected chi connectivity index (χ4v) is 2.76. The highest BCUT2D eigenvalue weighted by Crippen LogP contribution is 2.29. The number of nitrogens with zero attached hydrogens (tertiary/aromatic N) is 2. The molecule has 1 aromatic carbocycles. The van der Waals surface area contributed by atoms with Gasteiger partial charge >= 0.3 is 0 Å². The van der Waals surface area contributed by atoms with Gasteiger partial charge in [-0.25, -0.2) is 8.78 Å². The average Bonchev–Trinajstić information content (AvgIpc) is 2.56. The monoisotopic (exact) mass is 318 g/mol. The molecule has 23 heavy (non-hydrogen) atoms. The zero-order valence-electron chi connectivity index (χ0n) is 13.8. The minimum absolute atomic E-state index is 0.0646. The molecule has 124 valence electrons. The Morgan fingerprint density at radius 1 is 1.13 bits per heavy atom. The number of likely N-dealkylation sites (N-methyl/N-ethyl adjacent to an activating group) is 1. The van der Waals surface area contributed by atoms with Crippen LogP contribution in [0.3, 0.4) is 0 Å². The van der Waals surface area contributed by atoms with E-state index in [0.29, 0.717) is 0 Å². The Bertz CT molecular complexity index is 582. The highest BCUT2D eigenvalue weighted by atomic mass is 19.1. The Kier molecular flexibility index (Phi) is 6.25. The van der Waals surface area contributed by atoms with Crippen molar-refractivity contribution >= 4 is 0 Å². The van der Waals surface area contributed by atoms with Gasteiger partial charge in [-0.05, 0) is 43.3 Å². The van der Waals surface area contributed by atoms with Gasteiger partial charge in [0.25, 0.3) is 0 Å².